The first-order valence-corrected chi connectivity index (χ1v) is 11.4. The number of nitro benzene ring substituents is 1. The van der Waals surface area contributed by atoms with E-state index in [1.807, 2.05) is 34.9 Å². The zero-order chi connectivity index (χ0) is 23.9. The number of halogens is 1. The zero-order valence-corrected chi connectivity index (χ0v) is 18.7. The highest BCUT2D eigenvalue weighted by molar-refractivity contribution is 7.99. The zero-order valence-electron chi connectivity index (χ0n) is 17.9. The van der Waals surface area contributed by atoms with Crippen molar-refractivity contribution in [1.29, 1.82) is 0 Å². The maximum atomic E-state index is 13.4. The van der Waals surface area contributed by atoms with E-state index in [9.17, 15) is 19.3 Å². The first-order chi connectivity index (χ1) is 16.5. The minimum absolute atomic E-state index is 0.126. The third-order valence-corrected chi connectivity index (χ3v) is 5.91. The van der Waals surface area contributed by atoms with Gasteiger partial charge in [0.05, 0.1) is 11.5 Å². The third kappa shape index (κ3) is 5.65. The van der Waals surface area contributed by atoms with Crippen molar-refractivity contribution < 1.29 is 14.1 Å². The molecule has 34 heavy (non-hydrogen) atoms. The van der Waals surface area contributed by atoms with E-state index in [0.717, 1.165) is 11.1 Å². The van der Waals surface area contributed by atoms with Crippen molar-refractivity contribution in [3.05, 3.63) is 100 Å². The molecule has 0 fully saturated rings. The Morgan fingerprint density at radius 3 is 2.44 bits per heavy atom. The fraction of sp³-hybridized carbons (Fsp3) is 0.125. The van der Waals surface area contributed by atoms with E-state index in [2.05, 4.69) is 15.5 Å². The van der Waals surface area contributed by atoms with Gasteiger partial charge < -0.3 is 5.32 Å². The van der Waals surface area contributed by atoms with Gasteiger partial charge in [0.25, 0.3) is 5.69 Å². The molecule has 3 aromatic carbocycles. The maximum Gasteiger partial charge on any atom is 0.292 e. The van der Waals surface area contributed by atoms with E-state index in [0.29, 0.717) is 23.3 Å². The minimum atomic E-state index is -0.534. The van der Waals surface area contributed by atoms with Crippen molar-refractivity contribution in [3.63, 3.8) is 0 Å². The van der Waals surface area contributed by atoms with Crippen LogP contribution in [0.1, 0.15) is 12.0 Å². The minimum Gasteiger partial charge on any atom is -0.320 e. The summed E-state index contributed by atoms with van der Waals surface area (Å²) in [6.07, 6.45) is 0.126. The van der Waals surface area contributed by atoms with Crippen LogP contribution in [0.5, 0.6) is 0 Å². The van der Waals surface area contributed by atoms with Crippen LogP contribution in [0.4, 0.5) is 15.8 Å². The van der Waals surface area contributed by atoms with Gasteiger partial charge in [-0.15, -0.1) is 10.2 Å². The smallest absolute Gasteiger partial charge is 0.292 e. The fourth-order valence-corrected chi connectivity index (χ4v) is 4.18. The van der Waals surface area contributed by atoms with Crippen LogP contribution in [0, 0.1) is 15.9 Å². The number of hydrogen-bond acceptors (Lipinski definition) is 6. The summed E-state index contributed by atoms with van der Waals surface area (Å²) >= 11 is 1.35. The van der Waals surface area contributed by atoms with Crippen molar-refractivity contribution in [3.8, 4) is 11.4 Å². The van der Waals surface area contributed by atoms with Gasteiger partial charge in [0.15, 0.2) is 11.0 Å². The molecule has 1 N–H and O–H groups in total. The molecule has 172 valence electrons. The van der Waals surface area contributed by atoms with Crippen molar-refractivity contribution >= 4 is 29.0 Å². The lowest BCUT2D eigenvalue weighted by Crippen LogP contribution is -2.13. The largest absolute Gasteiger partial charge is 0.320 e. The van der Waals surface area contributed by atoms with Crippen LogP contribution in [0.15, 0.2) is 84.0 Å². The van der Waals surface area contributed by atoms with E-state index in [4.69, 9.17) is 0 Å². The molecule has 0 bridgehead atoms. The molecule has 8 nitrogen and oxygen atoms in total. The lowest BCUT2D eigenvalue weighted by Gasteiger charge is -2.11. The summed E-state index contributed by atoms with van der Waals surface area (Å²) in [6.45, 7) is 0.505. The molecule has 0 saturated heterocycles. The fourth-order valence-electron chi connectivity index (χ4n) is 3.30. The second-order valence-corrected chi connectivity index (χ2v) is 8.37. The number of rotatable bonds is 9. The van der Waals surface area contributed by atoms with Gasteiger partial charge in [-0.1, -0.05) is 54.2 Å². The Balaban J connectivity index is 1.48. The normalized spacial score (nSPS) is 10.7. The van der Waals surface area contributed by atoms with Gasteiger partial charge >= 0.3 is 0 Å². The lowest BCUT2D eigenvalue weighted by molar-refractivity contribution is -0.383. The molecule has 0 aliphatic carbocycles. The number of carbonyl (C=O) groups excluding carboxylic acids is 1. The van der Waals surface area contributed by atoms with Crippen LogP contribution in [-0.2, 0) is 11.3 Å². The highest BCUT2D eigenvalue weighted by atomic mass is 32.2. The standard InChI is InChI=1S/C24H20FN5O3S/c25-19-12-10-18(11-13-19)23-27-28-24(29(23)16-17-6-2-1-3-7-17)34-15-14-22(31)26-20-8-4-5-9-21(20)30(32)33/h1-13H,14-16H2,(H,26,31). The van der Waals surface area contributed by atoms with Gasteiger partial charge in [0, 0.05) is 23.8 Å². The quantitative estimate of drug-likeness (QED) is 0.203. The van der Waals surface area contributed by atoms with E-state index in [1.165, 1.54) is 36.0 Å². The van der Waals surface area contributed by atoms with Crippen LogP contribution >= 0.6 is 11.8 Å². The summed E-state index contributed by atoms with van der Waals surface area (Å²) in [5, 5.41) is 22.9. The Morgan fingerprint density at radius 1 is 1.00 bits per heavy atom. The Morgan fingerprint density at radius 2 is 1.71 bits per heavy atom. The summed E-state index contributed by atoms with van der Waals surface area (Å²) in [5.74, 6) is 0.311. The van der Waals surface area contributed by atoms with Gasteiger partial charge in [0.1, 0.15) is 11.5 Å². The predicted molar refractivity (Wildman–Crippen MR) is 128 cm³/mol. The van der Waals surface area contributed by atoms with Crippen molar-refractivity contribution in [2.75, 3.05) is 11.1 Å². The van der Waals surface area contributed by atoms with Crippen molar-refractivity contribution in [2.24, 2.45) is 0 Å². The number of benzene rings is 3. The van der Waals surface area contributed by atoms with E-state index in [-0.39, 0.29) is 29.5 Å². The monoisotopic (exact) mass is 477 g/mol. The van der Waals surface area contributed by atoms with E-state index in [1.54, 1.807) is 24.3 Å². The van der Waals surface area contributed by atoms with E-state index < -0.39 is 4.92 Å². The second kappa shape index (κ2) is 10.7. The van der Waals surface area contributed by atoms with Gasteiger partial charge in [-0.05, 0) is 35.9 Å². The molecule has 1 aromatic heterocycles. The Labute approximate surface area is 199 Å². The van der Waals surface area contributed by atoms with Crippen LogP contribution in [0.25, 0.3) is 11.4 Å². The summed E-state index contributed by atoms with van der Waals surface area (Å²) < 4.78 is 15.3. The van der Waals surface area contributed by atoms with Crippen molar-refractivity contribution in [2.45, 2.75) is 18.1 Å². The molecular formula is C24H20FN5O3S. The number of carbonyl (C=O) groups is 1. The number of hydrogen-bond donors (Lipinski definition) is 1. The first kappa shape index (κ1) is 23.1. The van der Waals surface area contributed by atoms with Gasteiger partial charge in [-0.2, -0.15) is 0 Å². The molecule has 4 rings (SSSR count). The van der Waals surface area contributed by atoms with E-state index >= 15 is 0 Å². The number of amides is 1. The first-order valence-electron chi connectivity index (χ1n) is 10.4. The number of nitrogens with one attached hydrogen (secondary N) is 1. The van der Waals surface area contributed by atoms with Gasteiger partial charge in [-0.25, -0.2) is 4.39 Å². The van der Waals surface area contributed by atoms with Crippen LogP contribution in [0.3, 0.4) is 0 Å². The molecule has 0 aliphatic heterocycles. The molecule has 4 aromatic rings. The molecular weight excluding hydrogens is 457 g/mol. The van der Waals surface area contributed by atoms with Gasteiger partial charge in [-0.3, -0.25) is 19.5 Å². The third-order valence-electron chi connectivity index (χ3n) is 4.94. The molecule has 1 amide bonds. The highest BCUT2D eigenvalue weighted by Gasteiger charge is 2.17. The Kier molecular flexibility index (Phi) is 7.28. The SMILES string of the molecule is O=C(CCSc1nnc(-c2ccc(F)cc2)n1Cc1ccccc1)Nc1ccccc1[N+](=O)[O-]. The molecule has 10 heteroatoms. The second-order valence-electron chi connectivity index (χ2n) is 7.31. The molecule has 0 radical (unpaired) electrons. The number of para-hydroxylation sites is 2. The molecule has 0 unspecified atom stereocenters. The highest BCUT2D eigenvalue weighted by Crippen LogP contribution is 2.27. The Bertz CT molecular complexity index is 1300. The molecule has 0 atom stereocenters. The average molecular weight is 478 g/mol. The van der Waals surface area contributed by atoms with Crippen LogP contribution < -0.4 is 5.32 Å². The number of nitro groups is 1. The Hall–Kier alpha value is -4.05. The number of thioether (sulfide) groups is 1. The van der Waals surface area contributed by atoms with Crippen LogP contribution in [-0.4, -0.2) is 31.3 Å². The molecule has 0 aliphatic rings. The predicted octanol–water partition coefficient (Wildman–Crippen LogP) is 5.16. The summed E-state index contributed by atoms with van der Waals surface area (Å²) in [7, 11) is 0. The number of aromatic nitrogens is 3. The number of nitrogens with zero attached hydrogens (tertiary/aromatic N) is 4. The van der Waals surface area contributed by atoms with Crippen molar-refractivity contribution in [1.82, 2.24) is 14.8 Å². The number of anilines is 1. The average Bonchev–Trinajstić information content (AvgIpc) is 3.22. The molecule has 0 saturated carbocycles. The van der Waals surface area contributed by atoms with Gasteiger partial charge in [0.2, 0.25) is 5.91 Å². The van der Waals surface area contributed by atoms with Crippen LogP contribution in [0.2, 0.25) is 0 Å². The summed E-state index contributed by atoms with van der Waals surface area (Å²) in [5.41, 5.74) is 1.77. The topological polar surface area (TPSA) is 103 Å². The summed E-state index contributed by atoms with van der Waals surface area (Å²) in [6, 6.07) is 21.8. The molecule has 0 spiro atoms. The summed E-state index contributed by atoms with van der Waals surface area (Å²) in [4.78, 5) is 23.0. The maximum absolute atomic E-state index is 13.4. The lowest BCUT2D eigenvalue weighted by atomic mass is 10.2. The molecule has 1 heterocycles.